The zero-order chi connectivity index (χ0) is 33.0. The largest absolute Gasteiger partial charge is 0.496 e. The molecule has 2 amide bonds. The summed E-state index contributed by atoms with van der Waals surface area (Å²) in [6, 6.07) is 31.5. The van der Waals surface area contributed by atoms with Gasteiger partial charge in [-0.3, -0.25) is 4.79 Å². The molecule has 0 unspecified atom stereocenters. The second kappa shape index (κ2) is 17.0. The first-order valence-corrected chi connectivity index (χ1v) is 16.6. The number of esters is 1. The van der Waals surface area contributed by atoms with E-state index in [9.17, 15) is 14.7 Å². The summed E-state index contributed by atoms with van der Waals surface area (Å²) < 4.78 is 23.4. The molecule has 10 heteroatoms. The number of urea groups is 1. The predicted octanol–water partition coefficient (Wildman–Crippen LogP) is 6.55. The molecule has 0 aromatic heterocycles. The number of ether oxygens (including phenoxy) is 4. The highest BCUT2D eigenvalue weighted by Gasteiger charge is 2.32. The van der Waals surface area contributed by atoms with Gasteiger partial charge in [0, 0.05) is 29.2 Å². The van der Waals surface area contributed by atoms with Gasteiger partial charge in [0.2, 0.25) is 0 Å². The third kappa shape index (κ3) is 9.59. The van der Waals surface area contributed by atoms with Crippen molar-refractivity contribution in [2.45, 2.75) is 49.9 Å². The van der Waals surface area contributed by atoms with E-state index in [1.165, 1.54) is 0 Å². The number of carbonyl (C=O) groups is 2. The molecule has 3 N–H and O–H groups in total. The molecule has 1 aliphatic rings. The molecule has 1 fully saturated rings. The molecule has 1 heterocycles. The number of carbonyl (C=O) groups excluding carboxylic acids is 2. The van der Waals surface area contributed by atoms with Crippen LogP contribution in [0.5, 0.6) is 5.75 Å². The van der Waals surface area contributed by atoms with Gasteiger partial charge >= 0.3 is 12.0 Å². The van der Waals surface area contributed by atoms with Crippen LogP contribution in [0.2, 0.25) is 0 Å². The Labute approximate surface area is 279 Å². The predicted molar refractivity (Wildman–Crippen MR) is 181 cm³/mol. The summed E-state index contributed by atoms with van der Waals surface area (Å²) in [6.07, 6.45) is -0.128. The monoisotopic (exact) mass is 656 g/mol. The normalized spacial score (nSPS) is 17.5. The second-order valence-corrected chi connectivity index (χ2v) is 12.0. The molecular formula is C37H40N2O7S. The summed E-state index contributed by atoms with van der Waals surface area (Å²) in [4.78, 5) is 24.6. The van der Waals surface area contributed by atoms with Crippen molar-refractivity contribution in [1.29, 1.82) is 0 Å². The molecular weight excluding hydrogens is 616 g/mol. The van der Waals surface area contributed by atoms with Gasteiger partial charge in [-0.15, -0.1) is 11.8 Å². The van der Waals surface area contributed by atoms with Crippen LogP contribution in [-0.4, -0.2) is 49.2 Å². The maximum Gasteiger partial charge on any atom is 0.325 e. The SMILES string of the molecule is CCOC(=O)CNC(=O)NCc1cccc(-c2ccc([C@H]3O[C@@H](CSc4ccccc4OC)C[C@@H](c4ccc(CO)cc4)O3)cc2)c1. The molecule has 246 valence electrons. The molecule has 4 aromatic rings. The standard InChI is InChI=1S/C37H40N2O7S/c1-3-44-35(41)22-39-37(42)38-21-26-7-6-8-30(19-26)27-15-17-29(18-16-27)36-45-31(24-47-34-10-5-4-9-32(34)43-2)20-33(46-36)28-13-11-25(23-40)12-14-28/h4-19,31,33,36,40H,3,20-24H2,1-2H3,(H2,38,39,42)/t31-,33+,36+/m1/s1. The lowest BCUT2D eigenvalue weighted by atomic mass is 9.99. The third-order valence-electron chi connectivity index (χ3n) is 7.70. The minimum absolute atomic E-state index is 0.00601. The van der Waals surface area contributed by atoms with Gasteiger partial charge in [-0.1, -0.05) is 78.9 Å². The fourth-order valence-electron chi connectivity index (χ4n) is 5.25. The van der Waals surface area contributed by atoms with E-state index in [1.54, 1.807) is 25.8 Å². The average Bonchev–Trinajstić information content (AvgIpc) is 3.12. The topological polar surface area (TPSA) is 115 Å². The number of para-hydroxylation sites is 1. The van der Waals surface area contributed by atoms with E-state index < -0.39 is 18.3 Å². The van der Waals surface area contributed by atoms with Gasteiger partial charge in [-0.25, -0.2) is 4.79 Å². The molecule has 0 bridgehead atoms. The zero-order valence-corrected chi connectivity index (χ0v) is 27.3. The van der Waals surface area contributed by atoms with Crippen LogP contribution in [0.25, 0.3) is 11.1 Å². The lowest BCUT2D eigenvalue weighted by Gasteiger charge is -2.36. The number of benzene rings is 4. The van der Waals surface area contributed by atoms with E-state index in [0.717, 1.165) is 49.8 Å². The summed E-state index contributed by atoms with van der Waals surface area (Å²) >= 11 is 1.70. The summed E-state index contributed by atoms with van der Waals surface area (Å²) in [7, 11) is 1.68. The number of methoxy groups -OCH3 is 1. The Balaban J connectivity index is 1.26. The summed E-state index contributed by atoms with van der Waals surface area (Å²) in [5.74, 6) is 1.09. The zero-order valence-electron chi connectivity index (χ0n) is 26.5. The van der Waals surface area contributed by atoms with Crippen molar-refractivity contribution in [3.63, 3.8) is 0 Å². The maximum atomic E-state index is 12.1. The highest BCUT2D eigenvalue weighted by Crippen LogP contribution is 2.40. The van der Waals surface area contributed by atoms with Gasteiger partial charge in [-0.05, 0) is 52.9 Å². The van der Waals surface area contributed by atoms with Crippen molar-refractivity contribution in [3.8, 4) is 16.9 Å². The first-order chi connectivity index (χ1) is 22.9. The minimum atomic E-state index is -0.563. The number of amides is 2. The van der Waals surface area contributed by atoms with Gasteiger partial charge in [0.25, 0.3) is 0 Å². The number of aliphatic hydroxyl groups is 1. The number of hydrogen-bond acceptors (Lipinski definition) is 8. The van der Waals surface area contributed by atoms with Crippen molar-refractivity contribution in [3.05, 3.63) is 119 Å². The molecule has 47 heavy (non-hydrogen) atoms. The van der Waals surface area contributed by atoms with Crippen LogP contribution in [0, 0.1) is 0 Å². The maximum absolute atomic E-state index is 12.1. The van der Waals surface area contributed by atoms with Crippen molar-refractivity contribution in [2.75, 3.05) is 26.0 Å². The fourth-order valence-corrected chi connectivity index (χ4v) is 6.29. The van der Waals surface area contributed by atoms with E-state index in [0.29, 0.717) is 13.0 Å². The highest BCUT2D eigenvalue weighted by molar-refractivity contribution is 7.99. The number of hydrogen-bond donors (Lipinski definition) is 3. The molecule has 0 radical (unpaired) electrons. The first-order valence-electron chi connectivity index (χ1n) is 15.6. The van der Waals surface area contributed by atoms with Crippen LogP contribution >= 0.6 is 11.8 Å². The van der Waals surface area contributed by atoms with E-state index in [4.69, 9.17) is 18.9 Å². The lowest BCUT2D eigenvalue weighted by Crippen LogP contribution is -2.38. The quantitative estimate of drug-likeness (QED) is 0.110. The van der Waals surface area contributed by atoms with Crippen LogP contribution in [-0.2, 0) is 32.2 Å². The Kier molecular flexibility index (Phi) is 12.3. The van der Waals surface area contributed by atoms with Crippen LogP contribution in [0.15, 0.2) is 102 Å². The Morgan fingerprint density at radius 2 is 1.64 bits per heavy atom. The summed E-state index contributed by atoms with van der Waals surface area (Å²) in [6.45, 7) is 2.10. The van der Waals surface area contributed by atoms with E-state index in [2.05, 4.69) is 16.7 Å². The highest BCUT2D eigenvalue weighted by atomic mass is 32.2. The van der Waals surface area contributed by atoms with Gasteiger partial charge in [0.05, 0.1) is 32.5 Å². The number of rotatable bonds is 13. The third-order valence-corrected chi connectivity index (χ3v) is 8.89. The van der Waals surface area contributed by atoms with Crippen molar-refractivity contribution in [1.82, 2.24) is 10.6 Å². The van der Waals surface area contributed by atoms with Crippen LogP contribution < -0.4 is 15.4 Å². The molecule has 3 atom stereocenters. The van der Waals surface area contributed by atoms with Gasteiger partial charge in [0.1, 0.15) is 12.3 Å². The number of aliphatic hydroxyl groups excluding tert-OH is 1. The molecule has 4 aromatic carbocycles. The number of thioether (sulfide) groups is 1. The van der Waals surface area contributed by atoms with Crippen molar-refractivity contribution >= 4 is 23.8 Å². The Hall–Kier alpha value is -4.35. The van der Waals surface area contributed by atoms with Gasteiger partial charge < -0.3 is 34.7 Å². The average molecular weight is 657 g/mol. The Morgan fingerprint density at radius 3 is 2.38 bits per heavy atom. The molecule has 1 saturated heterocycles. The van der Waals surface area contributed by atoms with Crippen molar-refractivity contribution < 1.29 is 33.6 Å². The fraction of sp³-hybridized carbons (Fsp3) is 0.297. The van der Waals surface area contributed by atoms with Crippen LogP contribution in [0.1, 0.15) is 48.0 Å². The molecule has 1 aliphatic heterocycles. The lowest BCUT2D eigenvalue weighted by molar-refractivity contribution is -0.245. The molecule has 5 rings (SSSR count). The second-order valence-electron chi connectivity index (χ2n) is 11.0. The number of nitrogens with one attached hydrogen (secondary N) is 2. The summed E-state index contributed by atoms with van der Waals surface area (Å²) in [5, 5.41) is 14.8. The summed E-state index contributed by atoms with van der Waals surface area (Å²) in [5.41, 5.74) is 5.74. The van der Waals surface area contributed by atoms with E-state index in [-0.39, 0.29) is 32.0 Å². The molecule has 0 aliphatic carbocycles. The van der Waals surface area contributed by atoms with Gasteiger partial charge in [-0.2, -0.15) is 0 Å². The first kappa shape index (κ1) is 34.0. The smallest absolute Gasteiger partial charge is 0.325 e. The van der Waals surface area contributed by atoms with E-state index in [1.807, 2.05) is 91.0 Å². The Bertz CT molecular complexity index is 1610. The van der Waals surface area contributed by atoms with Crippen LogP contribution in [0.4, 0.5) is 4.79 Å². The van der Waals surface area contributed by atoms with Gasteiger partial charge in [0.15, 0.2) is 6.29 Å². The molecule has 0 spiro atoms. The molecule has 9 nitrogen and oxygen atoms in total. The van der Waals surface area contributed by atoms with Crippen LogP contribution in [0.3, 0.4) is 0 Å². The van der Waals surface area contributed by atoms with E-state index >= 15 is 0 Å². The minimum Gasteiger partial charge on any atom is -0.496 e. The molecule has 0 saturated carbocycles. The Morgan fingerprint density at radius 1 is 0.872 bits per heavy atom. The van der Waals surface area contributed by atoms with Crippen molar-refractivity contribution in [2.24, 2.45) is 0 Å².